The Morgan fingerprint density at radius 1 is 1.09 bits per heavy atom. The second-order valence-corrected chi connectivity index (χ2v) is 5.82. The van der Waals surface area contributed by atoms with E-state index < -0.39 is 5.97 Å². The summed E-state index contributed by atoms with van der Waals surface area (Å²) < 4.78 is 1.42. The lowest BCUT2D eigenvalue weighted by atomic mass is 10.1. The summed E-state index contributed by atoms with van der Waals surface area (Å²) in [6, 6.07) is 16.0. The van der Waals surface area contributed by atoms with Gasteiger partial charge in [0.25, 0.3) is 0 Å². The van der Waals surface area contributed by atoms with Crippen molar-refractivity contribution in [1.82, 2.24) is 9.78 Å². The minimum absolute atomic E-state index is 0.0971. The van der Waals surface area contributed by atoms with Crippen LogP contribution in [0.5, 0.6) is 0 Å². The van der Waals surface area contributed by atoms with Gasteiger partial charge in [0, 0.05) is 15.6 Å². The van der Waals surface area contributed by atoms with E-state index in [4.69, 9.17) is 23.2 Å². The van der Waals surface area contributed by atoms with Crippen LogP contribution in [0.4, 0.5) is 0 Å². The monoisotopic (exact) mass is 346 g/mol. The highest BCUT2D eigenvalue weighted by Gasteiger charge is 2.16. The number of carboxylic acid groups (broad SMARTS) is 1. The highest BCUT2D eigenvalue weighted by Crippen LogP contribution is 2.24. The van der Waals surface area contributed by atoms with E-state index in [0.717, 1.165) is 5.56 Å². The van der Waals surface area contributed by atoms with Gasteiger partial charge >= 0.3 is 5.97 Å². The van der Waals surface area contributed by atoms with Crippen LogP contribution in [-0.4, -0.2) is 20.9 Å². The molecule has 0 aliphatic carbocycles. The molecule has 4 nitrogen and oxygen atoms in total. The number of aromatic carboxylic acids is 1. The molecule has 116 valence electrons. The van der Waals surface area contributed by atoms with Crippen LogP contribution in [-0.2, 0) is 6.54 Å². The molecule has 0 amide bonds. The van der Waals surface area contributed by atoms with Crippen molar-refractivity contribution in [3.05, 3.63) is 75.9 Å². The molecule has 1 N–H and O–H groups in total. The van der Waals surface area contributed by atoms with Crippen LogP contribution < -0.4 is 0 Å². The van der Waals surface area contributed by atoms with Crippen molar-refractivity contribution in [2.75, 3.05) is 0 Å². The number of aromatic nitrogens is 2. The van der Waals surface area contributed by atoms with Gasteiger partial charge in [0.2, 0.25) is 0 Å². The maximum Gasteiger partial charge on any atom is 0.354 e. The van der Waals surface area contributed by atoms with E-state index in [1.807, 2.05) is 30.3 Å². The van der Waals surface area contributed by atoms with Gasteiger partial charge in [-0.25, -0.2) is 4.79 Å². The lowest BCUT2D eigenvalue weighted by molar-refractivity contribution is 0.0684. The normalized spacial score (nSPS) is 10.7. The van der Waals surface area contributed by atoms with Gasteiger partial charge in [-0.3, -0.25) is 4.68 Å². The second kappa shape index (κ2) is 6.44. The number of nitrogens with zero attached hydrogens (tertiary/aromatic N) is 2. The number of benzene rings is 2. The zero-order valence-electron chi connectivity index (χ0n) is 11.9. The standard InChI is InChI=1S/C17H12Cl2N2O2/c18-13-6-7-14(19)12(8-13)10-21-16(17(22)23)9-15(20-21)11-4-2-1-3-5-11/h1-9H,10H2,(H,22,23). The first kappa shape index (κ1) is 15.6. The molecule has 0 saturated carbocycles. The summed E-state index contributed by atoms with van der Waals surface area (Å²) in [5.41, 5.74) is 2.26. The van der Waals surface area contributed by atoms with Gasteiger partial charge in [0.15, 0.2) is 0 Å². The Kier molecular flexibility index (Phi) is 4.37. The van der Waals surface area contributed by atoms with Crippen molar-refractivity contribution >= 4 is 29.2 Å². The van der Waals surface area contributed by atoms with Crippen molar-refractivity contribution in [2.45, 2.75) is 6.54 Å². The number of hydrogen-bond donors (Lipinski definition) is 1. The quantitative estimate of drug-likeness (QED) is 0.750. The van der Waals surface area contributed by atoms with E-state index in [1.54, 1.807) is 24.3 Å². The van der Waals surface area contributed by atoms with Crippen LogP contribution in [0.1, 0.15) is 16.1 Å². The Hall–Kier alpha value is -2.30. The van der Waals surface area contributed by atoms with Gasteiger partial charge in [-0.2, -0.15) is 5.10 Å². The van der Waals surface area contributed by atoms with Crippen LogP contribution in [0.25, 0.3) is 11.3 Å². The topological polar surface area (TPSA) is 55.1 Å². The van der Waals surface area contributed by atoms with Crippen molar-refractivity contribution in [3.63, 3.8) is 0 Å². The highest BCUT2D eigenvalue weighted by molar-refractivity contribution is 6.33. The molecule has 3 aromatic rings. The van der Waals surface area contributed by atoms with Crippen molar-refractivity contribution in [2.24, 2.45) is 0 Å². The van der Waals surface area contributed by atoms with Crippen LogP contribution in [0.3, 0.4) is 0 Å². The summed E-state index contributed by atoms with van der Waals surface area (Å²) in [5.74, 6) is -1.04. The minimum atomic E-state index is -1.04. The molecule has 0 aliphatic heterocycles. The molecule has 0 atom stereocenters. The van der Waals surface area contributed by atoms with E-state index in [1.165, 1.54) is 4.68 Å². The first-order valence-corrected chi connectivity index (χ1v) is 7.60. The molecular weight excluding hydrogens is 335 g/mol. The molecule has 0 fully saturated rings. The highest BCUT2D eigenvalue weighted by atomic mass is 35.5. The van der Waals surface area contributed by atoms with E-state index in [2.05, 4.69) is 5.10 Å². The van der Waals surface area contributed by atoms with Crippen LogP contribution in [0, 0.1) is 0 Å². The summed E-state index contributed by atoms with van der Waals surface area (Å²) in [6.07, 6.45) is 0. The Bertz CT molecular complexity index is 860. The van der Waals surface area contributed by atoms with Crippen LogP contribution >= 0.6 is 23.2 Å². The number of halogens is 2. The fourth-order valence-electron chi connectivity index (χ4n) is 2.29. The summed E-state index contributed by atoms with van der Waals surface area (Å²) in [4.78, 5) is 11.5. The molecule has 3 rings (SSSR count). The van der Waals surface area contributed by atoms with E-state index in [-0.39, 0.29) is 12.2 Å². The average Bonchev–Trinajstić information content (AvgIpc) is 2.96. The third-order valence-electron chi connectivity index (χ3n) is 3.40. The zero-order valence-corrected chi connectivity index (χ0v) is 13.4. The van der Waals surface area contributed by atoms with Gasteiger partial charge in [-0.1, -0.05) is 53.5 Å². The van der Waals surface area contributed by atoms with E-state index in [9.17, 15) is 9.90 Å². The Balaban J connectivity index is 2.03. The fraction of sp³-hybridized carbons (Fsp3) is 0.0588. The van der Waals surface area contributed by atoms with Gasteiger partial charge in [0.1, 0.15) is 5.69 Å². The SMILES string of the molecule is O=C(O)c1cc(-c2ccccc2)nn1Cc1cc(Cl)ccc1Cl. The molecule has 0 radical (unpaired) electrons. The molecule has 23 heavy (non-hydrogen) atoms. The number of hydrogen-bond acceptors (Lipinski definition) is 2. The van der Waals surface area contributed by atoms with Gasteiger partial charge < -0.3 is 5.11 Å². The second-order valence-electron chi connectivity index (χ2n) is 4.98. The van der Waals surface area contributed by atoms with Crippen LogP contribution in [0.2, 0.25) is 10.0 Å². The first-order valence-electron chi connectivity index (χ1n) is 6.85. The molecule has 2 aromatic carbocycles. The van der Waals surface area contributed by atoms with Crippen molar-refractivity contribution in [1.29, 1.82) is 0 Å². The summed E-state index contributed by atoms with van der Waals surface area (Å²) >= 11 is 12.1. The Labute approximate surface area is 142 Å². The molecule has 1 heterocycles. The molecule has 0 bridgehead atoms. The van der Waals surface area contributed by atoms with Crippen molar-refractivity contribution in [3.8, 4) is 11.3 Å². The largest absolute Gasteiger partial charge is 0.477 e. The number of carboxylic acids is 1. The fourth-order valence-corrected chi connectivity index (χ4v) is 2.66. The van der Waals surface area contributed by atoms with Crippen LogP contribution in [0.15, 0.2) is 54.6 Å². The predicted octanol–water partition coefficient (Wildman–Crippen LogP) is 4.60. The lowest BCUT2D eigenvalue weighted by Crippen LogP contribution is -2.11. The van der Waals surface area contributed by atoms with E-state index in [0.29, 0.717) is 21.3 Å². The summed E-state index contributed by atoms with van der Waals surface area (Å²) in [7, 11) is 0. The first-order chi connectivity index (χ1) is 11.0. The maximum absolute atomic E-state index is 11.5. The smallest absolute Gasteiger partial charge is 0.354 e. The molecule has 0 spiro atoms. The maximum atomic E-state index is 11.5. The Morgan fingerprint density at radius 2 is 1.83 bits per heavy atom. The summed E-state index contributed by atoms with van der Waals surface area (Å²) in [5, 5.41) is 14.9. The predicted molar refractivity (Wildman–Crippen MR) is 90.2 cm³/mol. The van der Waals surface area contributed by atoms with Gasteiger partial charge in [-0.05, 0) is 29.8 Å². The van der Waals surface area contributed by atoms with Crippen molar-refractivity contribution < 1.29 is 9.90 Å². The van der Waals surface area contributed by atoms with Gasteiger partial charge in [-0.15, -0.1) is 0 Å². The van der Waals surface area contributed by atoms with E-state index >= 15 is 0 Å². The molecule has 6 heteroatoms. The third kappa shape index (κ3) is 3.38. The molecule has 0 aliphatic rings. The zero-order chi connectivity index (χ0) is 16.4. The Morgan fingerprint density at radius 3 is 2.52 bits per heavy atom. The number of carbonyl (C=O) groups is 1. The molecular formula is C17H12Cl2N2O2. The minimum Gasteiger partial charge on any atom is -0.477 e. The number of rotatable bonds is 4. The lowest BCUT2D eigenvalue weighted by Gasteiger charge is -2.07. The average molecular weight is 347 g/mol. The molecule has 1 aromatic heterocycles. The van der Waals surface area contributed by atoms with Gasteiger partial charge in [0.05, 0.1) is 12.2 Å². The molecule has 0 saturated heterocycles. The third-order valence-corrected chi connectivity index (χ3v) is 4.00. The summed E-state index contributed by atoms with van der Waals surface area (Å²) in [6.45, 7) is 0.230. The molecule has 0 unspecified atom stereocenters.